The van der Waals surface area contributed by atoms with Gasteiger partial charge in [0, 0.05) is 12.6 Å². The number of amides is 1. The lowest BCUT2D eigenvalue weighted by molar-refractivity contribution is -0.134. The average Bonchev–Trinajstić information content (AvgIpc) is 3.00. The SMILES string of the molecule is COc1ccc(S(=O)(=O)NC(C(=O)N2CC(CN)CC2C)C(C)C)cc1.Cl. The van der Waals surface area contributed by atoms with Crippen LogP contribution in [0.15, 0.2) is 29.2 Å². The molecule has 2 rings (SSSR count). The molecule has 1 heterocycles. The maximum atomic E-state index is 13.0. The summed E-state index contributed by atoms with van der Waals surface area (Å²) in [5.74, 6) is 0.458. The van der Waals surface area contributed by atoms with E-state index in [1.165, 1.54) is 19.2 Å². The average molecular weight is 420 g/mol. The number of likely N-dealkylation sites (tertiary alicyclic amines) is 1. The highest BCUT2D eigenvalue weighted by Crippen LogP contribution is 2.25. The fraction of sp³-hybridized carbons (Fsp3) is 0.611. The molecule has 3 atom stereocenters. The van der Waals surface area contributed by atoms with Gasteiger partial charge in [0.05, 0.1) is 12.0 Å². The molecular weight excluding hydrogens is 390 g/mol. The molecular formula is C18H30ClN3O4S. The molecule has 1 saturated heterocycles. The molecule has 0 bridgehead atoms. The van der Waals surface area contributed by atoms with Crippen molar-refractivity contribution in [3.05, 3.63) is 24.3 Å². The topological polar surface area (TPSA) is 102 Å². The predicted octanol–water partition coefficient (Wildman–Crippen LogP) is 1.62. The van der Waals surface area contributed by atoms with Crippen LogP contribution in [-0.4, -0.2) is 51.5 Å². The lowest BCUT2D eigenvalue weighted by Crippen LogP contribution is -2.52. The summed E-state index contributed by atoms with van der Waals surface area (Å²) >= 11 is 0. The van der Waals surface area contributed by atoms with Crippen LogP contribution in [-0.2, 0) is 14.8 Å². The van der Waals surface area contributed by atoms with E-state index < -0.39 is 16.1 Å². The zero-order chi connectivity index (χ0) is 19.5. The Kier molecular flexibility index (Phi) is 8.53. The standard InChI is InChI=1S/C18H29N3O4S.ClH/c1-12(2)17(18(22)21-11-14(10-19)9-13(21)3)20-26(23,24)16-7-5-15(25-4)6-8-16;/h5-8,12-14,17,20H,9-11,19H2,1-4H3;1H. The van der Waals surface area contributed by atoms with E-state index in [0.717, 1.165) is 6.42 Å². The smallest absolute Gasteiger partial charge is 0.241 e. The molecule has 0 aliphatic carbocycles. The lowest BCUT2D eigenvalue weighted by atomic mass is 10.0. The number of nitrogens with zero attached hydrogens (tertiary/aromatic N) is 1. The van der Waals surface area contributed by atoms with E-state index in [4.69, 9.17) is 10.5 Å². The predicted molar refractivity (Wildman–Crippen MR) is 108 cm³/mol. The number of ether oxygens (including phenoxy) is 1. The normalized spacial score (nSPS) is 21.0. The van der Waals surface area contributed by atoms with Crippen molar-refractivity contribution in [2.45, 2.75) is 44.2 Å². The van der Waals surface area contributed by atoms with Gasteiger partial charge in [-0.1, -0.05) is 13.8 Å². The van der Waals surface area contributed by atoms with E-state index >= 15 is 0 Å². The third-order valence-corrected chi connectivity index (χ3v) is 6.32. The van der Waals surface area contributed by atoms with Gasteiger partial charge in [-0.05, 0) is 56.0 Å². The molecule has 1 amide bonds. The summed E-state index contributed by atoms with van der Waals surface area (Å²) in [6.07, 6.45) is 0.846. The first kappa shape index (κ1) is 23.7. The molecule has 1 aromatic rings. The summed E-state index contributed by atoms with van der Waals surface area (Å²) in [6.45, 7) is 6.74. The Hall–Kier alpha value is -1.35. The molecule has 0 aromatic heterocycles. The summed E-state index contributed by atoms with van der Waals surface area (Å²) in [4.78, 5) is 14.9. The second-order valence-corrected chi connectivity index (χ2v) is 8.91. The number of hydrogen-bond acceptors (Lipinski definition) is 5. The summed E-state index contributed by atoms with van der Waals surface area (Å²) in [5.41, 5.74) is 5.74. The summed E-state index contributed by atoms with van der Waals surface area (Å²) in [6, 6.07) is 5.33. The van der Waals surface area contributed by atoms with E-state index in [0.29, 0.717) is 18.8 Å². The number of methoxy groups -OCH3 is 1. The van der Waals surface area contributed by atoms with Crippen molar-refractivity contribution >= 4 is 28.3 Å². The molecule has 1 aliphatic rings. The Labute approximate surface area is 168 Å². The number of carbonyl (C=O) groups is 1. The first-order chi connectivity index (χ1) is 12.2. The van der Waals surface area contributed by atoms with Crippen LogP contribution in [0.1, 0.15) is 27.2 Å². The first-order valence-corrected chi connectivity index (χ1v) is 10.3. The number of carbonyl (C=O) groups excluding carboxylic acids is 1. The largest absolute Gasteiger partial charge is 0.497 e. The Morgan fingerprint density at radius 3 is 2.37 bits per heavy atom. The molecule has 27 heavy (non-hydrogen) atoms. The summed E-state index contributed by atoms with van der Waals surface area (Å²) in [7, 11) is -2.30. The zero-order valence-corrected chi connectivity index (χ0v) is 17.8. The van der Waals surface area contributed by atoms with Gasteiger partial charge in [-0.15, -0.1) is 12.4 Å². The Morgan fingerprint density at radius 1 is 1.33 bits per heavy atom. The molecule has 9 heteroatoms. The van der Waals surface area contributed by atoms with Crippen molar-refractivity contribution in [2.75, 3.05) is 20.2 Å². The first-order valence-electron chi connectivity index (χ1n) is 8.86. The summed E-state index contributed by atoms with van der Waals surface area (Å²) < 4.78 is 33.1. The van der Waals surface area contributed by atoms with Crippen molar-refractivity contribution in [3.63, 3.8) is 0 Å². The van der Waals surface area contributed by atoms with E-state index in [-0.39, 0.29) is 41.1 Å². The molecule has 1 fully saturated rings. The third-order valence-electron chi connectivity index (χ3n) is 4.86. The van der Waals surface area contributed by atoms with Crippen molar-refractivity contribution < 1.29 is 17.9 Å². The minimum Gasteiger partial charge on any atom is -0.497 e. The fourth-order valence-corrected chi connectivity index (χ4v) is 4.60. The highest BCUT2D eigenvalue weighted by atomic mass is 35.5. The van der Waals surface area contributed by atoms with Crippen LogP contribution in [0.4, 0.5) is 0 Å². The van der Waals surface area contributed by atoms with E-state index in [9.17, 15) is 13.2 Å². The molecule has 154 valence electrons. The maximum absolute atomic E-state index is 13.0. The van der Waals surface area contributed by atoms with E-state index in [1.807, 2.05) is 20.8 Å². The van der Waals surface area contributed by atoms with Gasteiger partial charge in [0.2, 0.25) is 15.9 Å². The maximum Gasteiger partial charge on any atom is 0.241 e. The number of nitrogens with one attached hydrogen (secondary N) is 1. The zero-order valence-electron chi connectivity index (χ0n) is 16.2. The van der Waals surface area contributed by atoms with Crippen LogP contribution in [0.5, 0.6) is 5.75 Å². The molecule has 0 radical (unpaired) electrons. The Balaban J connectivity index is 0.00000364. The highest BCUT2D eigenvalue weighted by Gasteiger charge is 2.38. The monoisotopic (exact) mass is 419 g/mol. The molecule has 3 unspecified atom stereocenters. The second-order valence-electron chi connectivity index (χ2n) is 7.20. The quantitative estimate of drug-likeness (QED) is 0.699. The Morgan fingerprint density at radius 2 is 1.93 bits per heavy atom. The van der Waals surface area contributed by atoms with Crippen molar-refractivity contribution in [1.29, 1.82) is 0 Å². The molecule has 0 spiro atoms. The molecule has 3 N–H and O–H groups in total. The van der Waals surface area contributed by atoms with Gasteiger partial charge < -0.3 is 15.4 Å². The number of halogens is 1. The van der Waals surface area contributed by atoms with Crippen LogP contribution in [0, 0.1) is 11.8 Å². The summed E-state index contributed by atoms with van der Waals surface area (Å²) in [5, 5.41) is 0. The number of nitrogens with two attached hydrogens (primary N) is 1. The minimum absolute atomic E-state index is 0. The van der Waals surface area contributed by atoms with E-state index in [1.54, 1.807) is 17.0 Å². The molecule has 7 nitrogen and oxygen atoms in total. The van der Waals surface area contributed by atoms with Crippen molar-refractivity contribution in [2.24, 2.45) is 17.6 Å². The van der Waals surface area contributed by atoms with Gasteiger partial charge in [0.15, 0.2) is 0 Å². The molecule has 1 aromatic carbocycles. The highest BCUT2D eigenvalue weighted by molar-refractivity contribution is 7.89. The minimum atomic E-state index is -3.82. The lowest BCUT2D eigenvalue weighted by Gasteiger charge is -2.29. The van der Waals surface area contributed by atoms with Crippen LogP contribution >= 0.6 is 12.4 Å². The van der Waals surface area contributed by atoms with Gasteiger partial charge >= 0.3 is 0 Å². The van der Waals surface area contributed by atoms with E-state index in [2.05, 4.69) is 4.72 Å². The van der Waals surface area contributed by atoms with Crippen LogP contribution in [0.2, 0.25) is 0 Å². The molecule has 0 saturated carbocycles. The van der Waals surface area contributed by atoms with Gasteiger partial charge in [0.1, 0.15) is 11.8 Å². The van der Waals surface area contributed by atoms with Crippen molar-refractivity contribution in [3.8, 4) is 5.75 Å². The van der Waals surface area contributed by atoms with Gasteiger partial charge in [-0.2, -0.15) is 4.72 Å². The van der Waals surface area contributed by atoms with Gasteiger partial charge in [-0.3, -0.25) is 4.79 Å². The number of benzene rings is 1. The second kappa shape index (κ2) is 9.73. The third kappa shape index (κ3) is 5.57. The number of hydrogen-bond donors (Lipinski definition) is 2. The number of rotatable bonds is 7. The van der Waals surface area contributed by atoms with Crippen LogP contribution in [0.25, 0.3) is 0 Å². The van der Waals surface area contributed by atoms with Crippen LogP contribution < -0.4 is 15.2 Å². The number of sulfonamides is 1. The fourth-order valence-electron chi connectivity index (χ4n) is 3.26. The van der Waals surface area contributed by atoms with Gasteiger partial charge in [-0.25, -0.2) is 8.42 Å². The van der Waals surface area contributed by atoms with Crippen LogP contribution in [0.3, 0.4) is 0 Å². The Bertz CT molecular complexity index is 725. The molecule has 1 aliphatic heterocycles. The van der Waals surface area contributed by atoms with Gasteiger partial charge in [0.25, 0.3) is 0 Å². The van der Waals surface area contributed by atoms with Crippen molar-refractivity contribution in [1.82, 2.24) is 9.62 Å².